The molecule has 1 amide bonds. The van der Waals surface area contributed by atoms with Gasteiger partial charge >= 0.3 is 0 Å². The number of hydrogen-bond donors (Lipinski definition) is 4. The molecule has 0 saturated carbocycles. The average molecular weight is 290 g/mol. The van der Waals surface area contributed by atoms with Crippen LogP contribution in [0.15, 0.2) is 12.1 Å². The lowest BCUT2D eigenvalue weighted by Gasteiger charge is -2.26. The minimum atomic E-state index is -0.302. The van der Waals surface area contributed by atoms with Gasteiger partial charge in [-0.15, -0.1) is 0 Å². The predicted molar refractivity (Wildman–Crippen MR) is 87.4 cm³/mol. The molecule has 1 aromatic carbocycles. The first-order chi connectivity index (χ1) is 9.97. The summed E-state index contributed by atoms with van der Waals surface area (Å²) in [5, 5.41) is 9.61. The molecule has 1 heterocycles. The molecule has 0 bridgehead atoms. The summed E-state index contributed by atoms with van der Waals surface area (Å²) < 4.78 is 0. The van der Waals surface area contributed by atoms with Gasteiger partial charge in [0.15, 0.2) is 0 Å². The zero-order chi connectivity index (χ0) is 15.4. The lowest BCUT2D eigenvalue weighted by molar-refractivity contribution is -0.122. The van der Waals surface area contributed by atoms with Gasteiger partial charge in [0.2, 0.25) is 5.91 Å². The van der Waals surface area contributed by atoms with E-state index < -0.39 is 0 Å². The Balaban J connectivity index is 1.95. The summed E-state index contributed by atoms with van der Waals surface area (Å²) in [6.45, 7) is 7.88. The molecule has 1 aliphatic heterocycles. The van der Waals surface area contributed by atoms with Crippen molar-refractivity contribution in [2.75, 3.05) is 24.1 Å². The maximum atomic E-state index is 12.2. The van der Waals surface area contributed by atoms with Gasteiger partial charge in [-0.25, -0.2) is 0 Å². The Morgan fingerprint density at radius 3 is 2.57 bits per heavy atom. The zero-order valence-electron chi connectivity index (χ0n) is 13.1. The molecule has 1 saturated heterocycles. The quantitative estimate of drug-likeness (QED) is 0.635. The molecule has 5 heteroatoms. The first-order valence-corrected chi connectivity index (χ1v) is 7.61. The van der Waals surface area contributed by atoms with Crippen molar-refractivity contribution in [3.63, 3.8) is 0 Å². The van der Waals surface area contributed by atoms with Gasteiger partial charge in [0.05, 0.1) is 11.4 Å². The summed E-state index contributed by atoms with van der Waals surface area (Å²) in [5.74, 6) is 0.0273. The SMILES string of the molecule is Cc1cc(N)c(NC(C)C(=O)NC2CCNCC2)cc1C. The third-order valence-electron chi connectivity index (χ3n) is 4.12. The second-order valence-corrected chi connectivity index (χ2v) is 5.92. The number of aryl methyl sites for hydroxylation is 2. The molecule has 5 N–H and O–H groups in total. The molecule has 1 aliphatic rings. The van der Waals surface area contributed by atoms with Crippen molar-refractivity contribution < 1.29 is 4.79 Å². The summed E-state index contributed by atoms with van der Waals surface area (Å²) in [6.07, 6.45) is 1.98. The number of piperidine rings is 1. The van der Waals surface area contributed by atoms with Crippen molar-refractivity contribution in [1.82, 2.24) is 10.6 Å². The highest BCUT2D eigenvalue weighted by atomic mass is 16.2. The van der Waals surface area contributed by atoms with E-state index in [1.807, 2.05) is 32.9 Å². The smallest absolute Gasteiger partial charge is 0.242 e. The van der Waals surface area contributed by atoms with Crippen molar-refractivity contribution in [3.8, 4) is 0 Å². The van der Waals surface area contributed by atoms with Crippen LogP contribution >= 0.6 is 0 Å². The lowest BCUT2D eigenvalue weighted by atomic mass is 10.1. The van der Waals surface area contributed by atoms with E-state index in [0.717, 1.165) is 42.7 Å². The topological polar surface area (TPSA) is 79.2 Å². The number of nitrogen functional groups attached to an aromatic ring is 1. The lowest BCUT2D eigenvalue weighted by Crippen LogP contribution is -2.47. The Hall–Kier alpha value is -1.75. The number of nitrogens with two attached hydrogens (primary N) is 1. The first kappa shape index (κ1) is 15.6. The second-order valence-electron chi connectivity index (χ2n) is 5.92. The normalized spacial score (nSPS) is 17.3. The number of benzene rings is 1. The summed E-state index contributed by atoms with van der Waals surface area (Å²) in [6, 6.07) is 3.91. The highest BCUT2D eigenvalue weighted by Gasteiger charge is 2.19. The molecule has 2 rings (SSSR count). The van der Waals surface area contributed by atoms with Crippen molar-refractivity contribution in [2.45, 2.75) is 45.7 Å². The number of amides is 1. The summed E-state index contributed by atoms with van der Waals surface area (Å²) in [5.41, 5.74) is 9.85. The van der Waals surface area contributed by atoms with Gasteiger partial charge in [0, 0.05) is 6.04 Å². The van der Waals surface area contributed by atoms with E-state index in [1.165, 1.54) is 0 Å². The molecule has 21 heavy (non-hydrogen) atoms. The monoisotopic (exact) mass is 290 g/mol. The van der Waals surface area contributed by atoms with Crippen LogP contribution in [0.5, 0.6) is 0 Å². The number of carbonyl (C=O) groups excluding carboxylic acids is 1. The van der Waals surface area contributed by atoms with Gasteiger partial charge in [-0.1, -0.05) is 0 Å². The summed E-state index contributed by atoms with van der Waals surface area (Å²) >= 11 is 0. The first-order valence-electron chi connectivity index (χ1n) is 7.61. The molecule has 1 fully saturated rings. The molecule has 0 aliphatic carbocycles. The number of anilines is 2. The molecule has 116 valence electrons. The van der Waals surface area contributed by atoms with E-state index in [9.17, 15) is 4.79 Å². The van der Waals surface area contributed by atoms with Crippen LogP contribution in [-0.4, -0.2) is 31.1 Å². The van der Waals surface area contributed by atoms with Crippen LogP contribution in [0.4, 0.5) is 11.4 Å². The molecule has 1 unspecified atom stereocenters. The largest absolute Gasteiger partial charge is 0.397 e. The maximum absolute atomic E-state index is 12.2. The minimum Gasteiger partial charge on any atom is -0.397 e. The number of nitrogens with one attached hydrogen (secondary N) is 3. The molecule has 0 aromatic heterocycles. The van der Waals surface area contributed by atoms with Gasteiger partial charge < -0.3 is 21.7 Å². The molecule has 1 aromatic rings. The van der Waals surface area contributed by atoms with Gasteiger partial charge in [0.1, 0.15) is 6.04 Å². The summed E-state index contributed by atoms with van der Waals surface area (Å²) in [4.78, 5) is 12.2. The third kappa shape index (κ3) is 4.11. The Kier molecular flexibility index (Phi) is 5.07. The van der Waals surface area contributed by atoms with Crippen molar-refractivity contribution in [2.24, 2.45) is 0 Å². The molecule has 0 spiro atoms. The fraction of sp³-hybridized carbons (Fsp3) is 0.562. The van der Waals surface area contributed by atoms with Gasteiger partial charge in [0.25, 0.3) is 0 Å². The van der Waals surface area contributed by atoms with Crippen LogP contribution in [-0.2, 0) is 4.79 Å². The Morgan fingerprint density at radius 2 is 1.90 bits per heavy atom. The molecular formula is C16H26N4O. The van der Waals surface area contributed by atoms with Crippen LogP contribution in [0.2, 0.25) is 0 Å². The summed E-state index contributed by atoms with van der Waals surface area (Å²) in [7, 11) is 0. The number of hydrogen-bond acceptors (Lipinski definition) is 4. The van der Waals surface area contributed by atoms with E-state index in [-0.39, 0.29) is 18.0 Å². The Labute approximate surface area is 126 Å². The molecule has 5 nitrogen and oxygen atoms in total. The molecular weight excluding hydrogens is 264 g/mol. The van der Waals surface area contributed by atoms with Crippen molar-refractivity contribution in [3.05, 3.63) is 23.3 Å². The highest BCUT2D eigenvalue weighted by molar-refractivity contribution is 5.85. The third-order valence-corrected chi connectivity index (χ3v) is 4.12. The van der Waals surface area contributed by atoms with Gasteiger partial charge in [-0.05, 0) is 70.0 Å². The van der Waals surface area contributed by atoms with E-state index in [4.69, 9.17) is 5.73 Å². The fourth-order valence-corrected chi connectivity index (χ4v) is 2.55. The minimum absolute atomic E-state index is 0.0273. The second kappa shape index (κ2) is 6.80. The van der Waals surface area contributed by atoms with Crippen molar-refractivity contribution >= 4 is 17.3 Å². The van der Waals surface area contributed by atoms with E-state index in [2.05, 4.69) is 16.0 Å². The fourth-order valence-electron chi connectivity index (χ4n) is 2.55. The number of carbonyl (C=O) groups is 1. The van der Waals surface area contributed by atoms with Crippen LogP contribution < -0.4 is 21.7 Å². The Morgan fingerprint density at radius 1 is 1.29 bits per heavy atom. The average Bonchev–Trinajstić information content (AvgIpc) is 2.45. The molecule has 1 atom stereocenters. The van der Waals surface area contributed by atoms with Crippen molar-refractivity contribution in [1.29, 1.82) is 0 Å². The highest BCUT2D eigenvalue weighted by Crippen LogP contribution is 2.23. The van der Waals surface area contributed by atoms with E-state index >= 15 is 0 Å². The van der Waals surface area contributed by atoms with E-state index in [1.54, 1.807) is 0 Å². The van der Waals surface area contributed by atoms with Crippen LogP contribution in [0.25, 0.3) is 0 Å². The maximum Gasteiger partial charge on any atom is 0.242 e. The van der Waals surface area contributed by atoms with Gasteiger partial charge in [-0.2, -0.15) is 0 Å². The number of rotatable bonds is 4. The van der Waals surface area contributed by atoms with Crippen LogP contribution in [0.1, 0.15) is 30.9 Å². The standard InChI is InChI=1S/C16H26N4O/c1-10-8-14(17)15(9-11(10)2)19-12(3)16(21)20-13-4-6-18-7-5-13/h8-9,12-13,18-19H,4-7,17H2,1-3H3,(H,20,21). The van der Waals surface area contributed by atoms with E-state index in [0.29, 0.717) is 5.69 Å². The Bertz CT molecular complexity index is 509. The van der Waals surface area contributed by atoms with Crippen LogP contribution in [0.3, 0.4) is 0 Å². The van der Waals surface area contributed by atoms with Gasteiger partial charge in [-0.3, -0.25) is 4.79 Å². The van der Waals surface area contributed by atoms with Crippen LogP contribution in [0, 0.1) is 13.8 Å². The zero-order valence-corrected chi connectivity index (χ0v) is 13.1. The predicted octanol–water partition coefficient (Wildman–Crippen LogP) is 1.55. The molecule has 0 radical (unpaired) electrons.